The van der Waals surface area contributed by atoms with Gasteiger partial charge < -0.3 is 10.2 Å². The number of amides is 1. The highest BCUT2D eigenvalue weighted by Crippen LogP contribution is 2.22. The zero-order chi connectivity index (χ0) is 13.8. The number of thiophene rings is 1. The van der Waals surface area contributed by atoms with Gasteiger partial charge in [0, 0.05) is 38.7 Å². The lowest BCUT2D eigenvalue weighted by Crippen LogP contribution is -2.26. The van der Waals surface area contributed by atoms with E-state index < -0.39 is 0 Å². The summed E-state index contributed by atoms with van der Waals surface area (Å²) in [5.74, 6) is -0.0419. The normalized spacial score (nSPS) is 10.3. The van der Waals surface area contributed by atoms with Crippen molar-refractivity contribution in [1.29, 1.82) is 0 Å². The number of pyridine rings is 1. The van der Waals surface area contributed by atoms with Crippen LogP contribution in [0.1, 0.15) is 15.9 Å². The molecule has 6 heteroatoms. The Morgan fingerprint density at radius 2 is 2.37 bits per heavy atom. The minimum absolute atomic E-state index is 0.0419. The van der Waals surface area contributed by atoms with E-state index in [0.29, 0.717) is 12.1 Å². The highest BCUT2D eigenvalue weighted by molar-refractivity contribution is 9.11. The molecule has 2 aromatic rings. The Hall–Kier alpha value is -1.40. The monoisotopic (exact) mass is 339 g/mol. The van der Waals surface area contributed by atoms with E-state index in [1.165, 1.54) is 0 Å². The Labute approximate surface area is 124 Å². The molecular formula is C13H14BrN3OS. The van der Waals surface area contributed by atoms with Crippen LogP contribution in [0.3, 0.4) is 0 Å². The van der Waals surface area contributed by atoms with E-state index in [9.17, 15) is 4.79 Å². The summed E-state index contributed by atoms with van der Waals surface area (Å²) >= 11 is 5.04. The first-order valence-corrected chi connectivity index (χ1v) is 7.39. The van der Waals surface area contributed by atoms with Crippen molar-refractivity contribution in [2.45, 2.75) is 6.54 Å². The lowest BCUT2D eigenvalue weighted by molar-refractivity contribution is 0.0786. The summed E-state index contributed by atoms with van der Waals surface area (Å²) in [5, 5.41) is 5.04. The number of hydrogen-bond acceptors (Lipinski definition) is 4. The van der Waals surface area contributed by atoms with Gasteiger partial charge in [-0.3, -0.25) is 9.78 Å². The average Bonchev–Trinajstić information content (AvgIpc) is 2.83. The molecule has 0 bridgehead atoms. The van der Waals surface area contributed by atoms with Crippen LogP contribution in [-0.2, 0) is 6.54 Å². The number of carbonyl (C=O) groups excluding carboxylic acids is 1. The molecule has 0 aliphatic heterocycles. The zero-order valence-electron chi connectivity index (χ0n) is 10.7. The highest BCUT2D eigenvalue weighted by atomic mass is 79.9. The molecule has 0 aliphatic rings. The van der Waals surface area contributed by atoms with E-state index in [-0.39, 0.29) is 5.91 Å². The molecule has 2 aromatic heterocycles. The number of carbonyl (C=O) groups is 1. The van der Waals surface area contributed by atoms with Crippen LogP contribution in [0.25, 0.3) is 0 Å². The standard InChI is InChI=1S/C13H14BrN3OS/c1-15-11-3-4-16-6-10(11)13(18)17(2)7-9-5-12(14)19-8-9/h3-6,8H,7H2,1-2H3,(H,15,16). The van der Waals surface area contributed by atoms with E-state index >= 15 is 0 Å². The van der Waals surface area contributed by atoms with Crippen LogP contribution in [0.2, 0.25) is 0 Å². The van der Waals surface area contributed by atoms with Crippen molar-refractivity contribution in [3.8, 4) is 0 Å². The van der Waals surface area contributed by atoms with Crippen LogP contribution < -0.4 is 5.32 Å². The van der Waals surface area contributed by atoms with Crippen LogP contribution in [0.4, 0.5) is 5.69 Å². The van der Waals surface area contributed by atoms with Crippen molar-refractivity contribution in [3.63, 3.8) is 0 Å². The summed E-state index contributed by atoms with van der Waals surface area (Å²) < 4.78 is 1.07. The minimum Gasteiger partial charge on any atom is -0.387 e. The number of rotatable bonds is 4. The number of anilines is 1. The second kappa shape index (κ2) is 6.16. The molecule has 19 heavy (non-hydrogen) atoms. The third-order valence-corrected chi connectivity index (χ3v) is 4.26. The minimum atomic E-state index is -0.0419. The fraction of sp³-hybridized carbons (Fsp3) is 0.231. The number of hydrogen-bond donors (Lipinski definition) is 1. The van der Waals surface area contributed by atoms with Crippen LogP contribution in [0, 0.1) is 0 Å². The molecule has 1 amide bonds. The number of halogens is 1. The molecule has 0 aromatic carbocycles. The van der Waals surface area contributed by atoms with E-state index in [1.54, 1.807) is 48.8 Å². The highest BCUT2D eigenvalue weighted by Gasteiger charge is 2.16. The van der Waals surface area contributed by atoms with E-state index in [1.807, 2.05) is 11.4 Å². The third kappa shape index (κ3) is 3.33. The van der Waals surface area contributed by atoms with Gasteiger partial charge in [-0.25, -0.2) is 0 Å². The molecule has 2 heterocycles. The van der Waals surface area contributed by atoms with Crippen LogP contribution in [0.5, 0.6) is 0 Å². The first kappa shape index (κ1) is 14.0. The summed E-state index contributed by atoms with van der Waals surface area (Å²) in [4.78, 5) is 18.1. The molecule has 100 valence electrons. The van der Waals surface area contributed by atoms with Gasteiger partial charge in [-0.15, -0.1) is 11.3 Å². The maximum Gasteiger partial charge on any atom is 0.257 e. The molecule has 0 atom stereocenters. The van der Waals surface area contributed by atoms with Crippen LogP contribution in [0.15, 0.2) is 33.7 Å². The maximum absolute atomic E-state index is 12.4. The predicted octanol–water partition coefficient (Wildman–Crippen LogP) is 3.22. The van der Waals surface area contributed by atoms with Crippen molar-refractivity contribution < 1.29 is 4.79 Å². The van der Waals surface area contributed by atoms with Gasteiger partial charge in [-0.2, -0.15) is 0 Å². The molecule has 1 N–H and O–H groups in total. The Morgan fingerprint density at radius 3 is 3.00 bits per heavy atom. The largest absolute Gasteiger partial charge is 0.387 e. The zero-order valence-corrected chi connectivity index (χ0v) is 13.1. The van der Waals surface area contributed by atoms with Gasteiger partial charge >= 0.3 is 0 Å². The van der Waals surface area contributed by atoms with Crippen LogP contribution >= 0.6 is 27.3 Å². The lowest BCUT2D eigenvalue weighted by Gasteiger charge is -2.18. The Kier molecular flexibility index (Phi) is 4.55. The quantitative estimate of drug-likeness (QED) is 0.930. The summed E-state index contributed by atoms with van der Waals surface area (Å²) in [6.07, 6.45) is 3.26. The Morgan fingerprint density at radius 1 is 1.58 bits per heavy atom. The first-order valence-electron chi connectivity index (χ1n) is 5.72. The van der Waals surface area contributed by atoms with Gasteiger partial charge in [0.1, 0.15) is 0 Å². The predicted molar refractivity (Wildman–Crippen MR) is 81.6 cm³/mol. The van der Waals surface area contributed by atoms with Crippen molar-refractivity contribution in [2.75, 3.05) is 19.4 Å². The van der Waals surface area contributed by atoms with Gasteiger partial charge in [0.05, 0.1) is 9.35 Å². The average molecular weight is 340 g/mol. The van der Waals surface area contributed by atoms with Crippen molar-refractivity contribution >= 4 is 38.9 Å². The summed E-state index contributed by atoms with van der Waals surface area (Å²) in [5.41, 5.74) is 2.49. The molecule has 0 saturated heterocycles. The smallest absolute Gasteiger partial charge is 0.257 e. The summed E-state index contributed by atoms with van der Waals surface area (Å²) in [7, 11) is 3.59. The summed E-state index contributed by atoms with van der Waals surface area (Å²) in [6, 6.07) is 3.82. The lowest BCUT2D eigenvalue weighted by atomic mass is 10.2. The first-order chi connectivity index (χ1) is 9.11. The number of aromatic nitrogens is 1. The fourth-order valence-corrected chi connectivity index (χ4v) is 2.96. The van der Waals surface area contributed by atoms with Crippen molar-refractivity contribution in [3.05, 3.63) is 44.8 Å². The molecule has 0 spiro atoms. The third-order valence-electron chi connectivity index (χ3n) is 2.71. The maximum atomic E-state index is 12.4. The summed E-state index contributed by atoms with van der Waals surface area (Å²) in [6.45, 7) is 0.582. The van der Waals surface area contributed by atoms with Gasteiger partial charge in [0.15, 0.2) is 0 Å². The van der Waals surface area contributed by atoms with Gasteiger partial charge in [0.25, 0.3) is 5.91 Å². The molecule has 0 saturated carbocycles. The second-order valence-corrected chi connectivity index (χ2v) is 6.38. The SMILES string of the molecule is CNc1ccncc1C(=O)N(C)Cc1csc(Br)c1. The van der Waals surface area contributed by atoms with Gasteiger partial charge in [0.2, 0.25) is 0 Å². The van der Waals surface area contributed by atoms with E-state index in [2.05, 4.69) is 26.2 Å². The Balaban J connectivity index is 2.14. The topological polar surface area (TPSA) is 45.2 Å². The fourth-order valence-electron chi connectivity index (χ4n) is 1.76. The molecular weight excluding hydrogens is 326 g/mol. The molecule has 0 aliphatic carbocycles. The number of nitrogens with one attached hydrogen (secondary N) is 1. The molecule has 2 rings (SSSR count). The Bertz CT molecular complexity index is 585. The molecule has 0 radical (unpaired) electrons. The van der Waals surface area contributed by atoms with E-state index in [4.69, 9.17) is 0 Å². The van der Waals surface area contributed by atoms with Gasteiger partial charge in [-0.05, 0) is 39.0 Å². The van der Waals surface area contributed by atoms with Crippen molar-refractivity contribution in [2.24, 2.45) is 0 Å². The molecule has 4 nitrogen and oxygen atoms in total. The van der Waals surface area contributed by atoms with Gasteiger partial charge in [-0.1, -0.05) is 0 Å². The second-order valence-electron chi connectivity index (χ2n) is 4.09. The molecule has 0 unspecified atom stereocenters. The van der Waals surface area contributed by atoms with Crippen LogP contribution in [-0.4, -0.2) is 29.9 Å². The van der Waals surface area contributed by atoms with E-state index in [0.717, 1.165) is 15.0 Å². The van der Waals surface area contributed by atoms with Crippen molar-refractivity contribution in [1.82, 2.24) is 9.88 Å². The number of nitrogens with zero attached hydrogens (tertiary/aromatic N) is 2. The molecule has 0 fully saturated rings.